The summed E-state index contributed by atoms with van der Waals surface area (Å²) in [7, 11) is 1.67. The first-order valence-corrected chi connectivity index (χ1v) is 8.47. The second-order valence-electron chi connectivity index (χ2n) is 6.30. The fourth-order valence-corrected chi connectivity index (χ4v) is 2.92. The maximum atomic E-state index is 12.6. The van der Waals surface area contributed by atoms with Gasteiger partial charge in [0.25, 0.3) is 5.91 Å². The second-order valence-corrected chi connectivity index (χ2v) is 6.30. The summed E-state index contributed by atoms with van der Waals surface area (Å²) in [5, 5.41) is 20.5. The molecule has 2 heterocycles. The second kappa shape index (κ2) is 9.68. The van der Waals surface area contributed by atoms with E-state index in [1.54, 1.807) is 7.05 Å². The molecule has 3 rings (SSSR count). The van der Waals surface area contributed by atoms with E-state index in [0.717, 1.165) is 29.8 Å². The van der Waals surface area contributed by atoms with Gasteiger partial charge in [0, 0.05) is 44.4 Å². The number of rotatable bonds is 7. The summed E-state index contributed by atoms with van der Waals surface area (Å²) in [6.07, 6.45) is 0.0977. The molecule has 1 atom stereocenters. The molecule has 2 aromatic rings. The van der Waals surface area contributed by atoms with Crippen molar-refractivity contribution < 1.29 is 14.6 Å². The first-order valence-electron chi connectivity index (χ1n) is 8.47. The summed E-state index contributed by atoms with van der Waals surface area (Å²) >= 11 is 0. The van der Waals surface area contributed by atoms with E-state index in [1.165, 1.54) is 4.90 Å². The van der Waals surface area contributed by atoms with Gasteiger partial charge in [0.2, 0.25) is 0 Å². The van der Waals surface area contributed by atoms with Crippen LogP contribution < -0.4 is 5.32 Å². The number of hydrogen-bond donors (Lipinski definition) is 3. The molecule has 1 aliphatic rings. The molecule has 1 amide bonds. The van der Waals surface area contributed by atoms with Crippen molar-refractivity contribution in [2.24, 2.45) is 0 Å². The molecule has 1 aromatic carbocycles. The Balaban J connectivity index is 0.00000243. The molecule has 8 heteroatoms. The lowest BCUT2D eigenvalue weighted by atomic mass is 10.1. The number of halogens is 1. The topological polar surface area (TPSA) is 90.5 Å². The quantitative estimate of drug-likeness (QED) is 0.669. The van der Waals surface area contributed by atoms with Gasteiger partial charge in [-0.1, -0.05) is 30.3 Å². The lowest BCUT2D eigenvalue weighted by molar-refractivity contribution is 0.0135. The number of aromatic nitrogens is 2. The van der Waals surface area contributed by atoms with Gasteiger partial charge < -0.3 is 20.1 Å². The summed E-state index contributed by atoms with van der Waals surface area (Å²) in [6, 6.07) is 9.78. The largest absolute Gasteiger partial charge is 0.389 e. The number of hydrogen-bond acceptors (Lipinski definition) is 5. The molecule has 0 bridgehead atoms. The van der Waals surface area contributed by atoms with E-state index < -0.39 is 6.10 Å². The van der Waals surface area contributed by atoms with Crippen LogP contribution in [0.25, 0.3) is 0 Å². The molecule has 7 nitrogen and oxygen atoms in total. The van der Waals surface area contributed by atoms with Crippen molar-refractivity contribution in [3.63, 3.8) is 0 Å². The number of ether oxygens (including phenoxy) is 1. The highest BCUT2D eigenvalue weighted by Gasteiger charge is 2.24. The van der Waals surface area contributed by atoms with E-state index in [0.29, 0.717) is 18.8 Å². The number of nitrogens with zero attached hydrogens (tertiary/aromatic N) is 2. The maximum absolute atomic E-state index is 12.6. The van der Waals surface area contributed by atoms with Gasteiger partial charge in [0.05, 0.1) is 19.3 Å². The van der Waals surface area contributed by atoms with Gasteiger partial charge in [0.1, 0.15) is 0 Å². The number of carbonyl (C=O) groups excluding carboxylic acids is 1. The van der Waals surface area contributed by atoms with Crippen molar-refractivity contribution in [3.8, 4) is 0 Å². The van der Waals surface area contributed by atoms with Gasteiger partial charge in [-0.15, -0.1) is 12.4 Å². The summed E-state index contributed by atoms with van der Waals surface area (Å²) in [5.41, 5.74) is 3.43. The molecular weight excluding hydrogens is 356 g/mol. The molecule has 0 spiro atoms. The summed E-state index contributed by atoms with van der Waals surface area (Å²) in [5.74, 6) is -0.191. The van der Waals surface area contributed by atoms with Crippen molar-refractivity contribution >= 4 is 18.3 Å². The van der Waals surface area contributed by atoms with Crippen molar-refractivity contribution in [3.05, 3.63) is 52.8 Å². The number of benzene rings is 1. The van der Waals surface area contributed by atoms with Crippen LogP contribution in [0, 0.1) is 0 Å². The Bertz CT molecular complexity index is 708. The number of carbonyl (C=O) groups is 1. The summed E-state index contributed by atoms with van der Waals surface area (Å²) < 4.78 is 5.52. The number of amides is 1. The first-order chi connectivity index (χ1) is 12.1. The number of aromatic amines is 1. The molecule has 0 fully saturated rings. The zero-order valence-electron chi connectivity index (χ0n) is 14.8. The van der Waals surface area contributed by atoms with E-state index in [9.17, 15) is 9.90 Å². The van der Waals surface area contributed by atoms with Gasteiger partial charge >= 0.3 is 0 Å². The first kappa shape index (κ1) is 20.4. The van der Waals surface area contributed by atoms with E-state index in [-0.39, 0.29) is 31.5 Å². The number of likely N-dealkylation sites (N-methyl/N-ethyl adjacent to an activating group) is 1. The highest BCUT2D eigenvalue weighted by Crippen LogP contribution is 2.16. The van der Waals surface area contributed by atoms with Crippen LogP contribution in [0.2, 0.25) is 0 Å². The van der Waals surface area contributed by atoms with Crippen LogP contribution in [-0.2, 0) is 24.3 Å². The fraction of sp³-hybridized carbons (Fsp3) is 0.444. The monoisotopic (exact) mass is 380 g/mol. The number of fused-ring (bicyclic) bond motifs is 1. The standard InChI is InChI=1S/C18H24N4O3.ClH/c1-22(10-14(23)12-25-11-13-5-3-2-4-6-13)18(24)17-15-9-19-8-7-16(15)20-21-17;/h2-6,14,19,23H,7-12H2,1H3,(H,20,21);1H. The zero-order valence-corrected chi connectivity index (χ0v) is 15.6. The Morgan fingerprint density at radius 1 is 1.38 bits per heavy atom. The van der Waals surface area contributed by atoms with Gasteiger partial charge in [0.15, 0.2) is 5.69 Å². The number of nitrogens with one attached hydrogen (secondary N) is 2. The minimum absolute atomic E-state index is 0. The van der Waals surface area contributed by atoms with Crippen LogP contribution in [0.1, 0.15) is 27.3 Å². The maximum Gasteiger partial charge on any atom is 0.274 e. The molecular formula is C18H25ClN4O3. The highest BCUT2D eigenvalue weighted by molar-refractivity contribution is 5.93. The van der Waals surface area contributed by atoms with Gasteiger partial charge in [-0.25, -0.2) is 0 Å². The molecule has 0 radical (unpaired) electrons. The molecule has 142 valence electrons. The highest BCUT2D eigenvalue weighted by atomic mass is 35.5. The molecule has 0 saturated carbocycles. The lowest BCUT2D eigenvalue weighted by Gasteiger charge is -2.21. The molecule has 26 heavy (non-hydrogen) atoms. The smallest absolute Gasteiger partial charge is 0.274 e. The average Bonchev–Trinajstić information content (AvgIpc) is 3.06. The van der Waals surface area contributed by atoms with E-state index in [4.69, 9.17) is 4.74 Å². The number of H-pyrrole nitrogens is 1. The lowest BCUT2D eigenvalue weighted by Crippen LogP contribution is -2.37. The van der Waals surface area contributed by atoms with Crippen LogP contribution in [0.3, 0.4) is 0 Å². The van der Waals surface area contributed by atoms with Crippen molar-refractivity contribution in [2.75, 3.05) is 26.7 Å². The predicted molar refractivity (Wildman–Crippen MR) is 100 cm³/mol. The minimum Gasteiger partial charge on any atom is -0.389 e. The van der Waals surface area contributed by atoms with Crippen LogP contribution in [0.4, 0.5) is 0 Å². The Morgan fingerprint density at radius 3 is 2.92 bits per heavy atom. The average molecular weight is 381 g/mol. The van der Waals surface area contributed by atoms with E-state index in [2.05, 4.69) is 15.5 Å². The minimum atomic E-state index is -0.745. The molecule has 1 aliphatic heterocycles. The van der Waals surface area contributed by atoms with E-state index in [1.807, 2.05) is 30.3 Å². The van der Waals surface area contributed by atoms with E-state index >= 15 is 0 Å². The third kappa shape index (κ3) is 5.04. The summed E-state index contributed by atoms with van der Waals surface area (Å²) in [6.45, 7) is 2.34. The van der Waals surface area contributed by atoms with Gasteiger partial charge in [-0.2, -0.15) is 5.10 Å². The van der Waals surface area contributed by atoms with Crippen LogP contribution in [-0.4, -0.2) is 59.0 Å². The SMILES string of the molecule is CN(CC(O)COCc1ccccc1)C(=O)c1n[nH]c2c1CNCC2.Cl. The Labute approximate surface area is 159 Å². The fourth-order valence-electron chi connectivity index (χ4n) is 2.92. The Hall–Kier alpha value is -1.93. The molecule has 0 aliphatic carbocycles. The van der Waals surface area contributed by atoms with Crippen molar-refractivity contribution in [2.45, 2.75) is 25.7 Å². The van der Waals surface area contributed by atoms with Crippen LogP contribution in [0.5, 0.6) is 0 Å². The Morgan fingerprint density at radius 2 is 2.15 bits per heavy atom. The molecule has 1 unspecified atom stereocenters. The number of aliphatic hydroxyl groups is 1. The van der Waals surface area contributed by atoms with Crippen LogP contribution >= 0.6 is 12.4 Å². The Kier molecular flexibility index (Phi) is 7.59. The molecule has 0 saturated heterocycles. The predicted octanol–water partition coefficient (Wildman–Crippen LogP) is 1.13. The third-order valence-corrected chi connectivity index (χ3v) is 4.26. The molecule has 3 N–H and O–H groups in total. The zero-order chi connectivity index (χ0) is 17.6. The van der Waals surface area contributed by atoms with Crippen molar-refractivity contribution in [1.29, 1.82) is 0 Å². The van der Waals surface area contributed by atoms with Crippen molar-refractivity contribution in [1.82, 2.24) is 20.4 Å². The number of aliphatic hydroxyl groups excluding tert-OH is 1. The van der Waals surface area contributed by atoms with Gasteiger partial charge in [-0.3, -0.25) is 9.89 Å². The summed E-state index contributed by atoms with van der Waals surface area (Å²) in [4.78, 5) is 14.1. The van der Waals surface area contributed by atoms with Gasteiger partial charge in [-0.05, 0) is 5.56 Å². The third-order valence-electron chi connectivity index (χ3n) is 4.26. The molecule has 1 aromatic heterocycles. The van der Waals surface area contributed by atoms with Crippen LogP contribution in [0.15, 0.2) is 30.3 Å². The normalized spacial score (nSPS) is 14.2.